The molecule has 0 atom stereocenters. The molecule has 0 saturated heterocycles. The first kappa shape index (κ1) is 20.7. The van der Waals surface area contributed by atoms with Gasteiger partial charge >= 0.3 is 5.97 Å². The number of aromatic nitrogens is 2. The first-order valence-electron chi connectivity index (χ1n) is 9.57. The van der Waals surface area contributed by atoms with Crippen LogP contribution in [0.25, 0.3) is 10.2 Å². The van der Waals surface area contributed by atoms with Crippen molar-refractivity contribution in [3.8, 4) is 0 Å². The average molecular weight is 413 g/mol. The second kappa shape index (κ2) is 9.00. The monoisotopic (exact) mass is 413 g/mol. The van der Waals surface area contributed by atoms with Crippen molar-refractivity contribution in [3.63, 3.8) is 0 Å². The summed E-state index contributed by atoms with van der Waals surface area (Å²) >= 11 is 1.12. The van der Waals surface area contributed by atoms with E-state index in [1.807, 2.05) is 31.2 Å². The summed E-state index contributed by atoms with van der Waals surface area (Å²) < 4.78 is 1.26. The molecule has 0 bridgehead atoms. The Morgan fingerprint density at radius 2 is 1.93 bits per heavy atom. The molecule has 2 aromatic heterocycles. The second-order valence-corrected chi connectivity index (χ2v) is 7.61. The lowest BCUT2D eigenvalue weighted by molar-refractivity contribution is -0.116. The highest BCUT2D eigenvalue weighted by atomic mass is 32.1. The summed E-state index contributed by atoms with van der Waals surface area (Å²) in [5.74, 6) is -1.10. The lowest BCUT2D eigenvalue weighted by Gasteiger charge is -2.12. The minimum absolute atomic E-state index is 0.0489. The molecule has 3 rings (SSSR count). The van der Waals surface area contributed by atoms with Gasteiger partial charge in [0.15, 0.2) is 0 Å². The van der Waals surface area contributed by atoms with Crippen LogP contribution in [0.5, 0.6) is 0 Å². The van der Waals surface area contributed by atoms with E-state index in [-0.39, 0.29) is 23.4 Å². The molecule has 8 heteroatoms. The number of hydrogen-bond acceptors (Lipinski definition) is 5. The quantitative estimate of drug-likeness (QED) is 0.586. The fourth-order valence-electron chi connectivity index (χ4n) is 3.14. The van der Waals surface area contributed by atoms with Crippen LogP contribution >= 0.6 is 11.3 Å². The number of nitrogens with zero attached hydrogens (tertiary/aromatic N) is 2. The van der Waals surface area contributed by atoms with Crippen LogP contribution in [0.15, 0.2) is 34.4 Å². The molecule has 0 radical (unpaired) electrons. The van der Waals surface area contributed by atoms with Gasteiger partial charge in [-0.2, -0.15) is 0 Å². The van der Waals surface area contributed by atoms with Crippen molar-refractivity contribution in [1.82, 2.24) is 9.55 Å². The SMILES string of the molecule is CCCCc1ccc(NC(=O)Cn2c(CC)nc3scc(C(=O)O)c3c2=O)cc1. The molecule has 3 aromatic rings. The highest BCUT2D eigenvalue weighted by molar-refractivity contribution is 7.17. The Labute approximate surface area is 172 Å². The number of benzene rings is 1. The number of anilines is 1. The van der Waals surface area contributed by atoms with E-state index in [0.717, 1.165) is 30.6 Å². The van der Waals surface area contributed by atoms with Gasteiger partial charge in [0, 0.05) is 17.5 Å². The number of unbranched alkanes of at least 4 members (excludes halogenated alkanes) is 1. The maximum Gasteiger partial charge on any atom is 0.337 e. The molecule has 1 amide bonds. The minimum Gasteiger partial charge on any atom is -0.478 e. The molecular weight excluding hydrogens is 390 g/mol. The van der Waals surface area contributed by atoms with Crippen LogP contribution in [0, 0.1) is 0 Å². The maximum absolute atomic E-state index is 12.9. The molecule has 29 heavy (non-hydrogen) atoms. The zero-order chi connectivity index (χ0) is 21.0. The zero-order valence-corrected chi connectivity index (χ0v) is 17.2. The standard InChI is InChI=1S/C21H23N3O4S/c1-3-5-6-13-7-9-14(10-8-13)22-17(25)11-24-16(4-2)23-19-18(20(24)26)15(12-29-19)21(27)28/h7-10,12H,3-6,11H2,1-2H3,(H,22,25)(H,27,28). The first-order chi connectivity index (χ1) is 13.9. The number of rotatable bonds is 8. The lowest BCUT2D eigenvalue weighted by Crippen LogP contribution is -2.31. The Morgan fingerprint density at radius 1 is 1.21 bits per heavy atom. The molecule has 1 aromatic carbocycles. The van der Waals surface area contributed by atoms with Crippen molar-refractivity contribution in [1.29, 1.82) is 0 Å². The number of carbonyl (C=O) groups excluding carboxylic acids is 1. The summed E-state index contributed by atoms with van der Waals surface area (Å²) in [5, 5.41) is 13.6. The zero-order valence-electron chi connectivity index (χ0n) is 16.4. The number of nitrogens with one attached hydrogen (secondary N) is 1. The van der Waals surface area contributed by atoms with Gasteiger partial charge in [-0.15, -0.1) is 11.3 Å². The minimum atomic E-state index is -1.18. The third-order valence-corrected chi connectivity index (χ3v) is 5.55. The highest BCUT2D eigenvalue weighted by Crippen LogP contribution is 2.22. The van der Waals surface area contributed by atoms with Gasteiger partial charge in [-0.1, -0.05) is 32.4 Å². The number of carboxylic acids is 1. The summed E-state index contributed by atoms with van der Waals surface area (Å²) in [6.45, 7) is 3.75. The fourth-order valence-corrected chi connectivity index (χ4v) is 4.06. The van der Waals surface area contributed by atoms with Gasteiger partial charge in [-0.3, -0.25) is 14.2 Å². The average Bonchev–Trinajstić information content (AvgIpc) is 3.14. The van der Waals surface area contributed by atoms with Crippen molar-refractivity contribution in [2.24, 2.45) is 0 Å². The van der Waals surface area contributed by atoms with Gasteiger partial charge in [0.1, 0.15) is 17.2 Å². The van der Waals surface area contributed by atoms with E-state index >= 15 is 0 Å². The largest absolute Gasteiger partial charge is 0.478 e. The van der Waals surface area contributed by atoms with E-state index < -0.39 is 11.5 Å². The summed E-state index contributed by atoms with van der Waals surface area (Å²) in [4.78, 5) is 41.6. The van der Waals surface area contributed by atoms with E-state index in [2.05, 4.69) is 17.2 Å². The van der Waals surface area contributed by atoms with Crippen LogP contribution in [0.1, 0.15) is 48.4 Å². The van der Waals surface area contributed by atoms with E-state index in [9.17, 15) is 19.5 Å². The maximum atomic E-state index is 12.9. The molecule has 0 aliphatic heterocycles. The Kier molecular flexibility index (Phi) is 6.43. The number of carboxylic acid groups (broad SMARTS) is 1. The normalized spacial score (nSPS) is 11.0. The van der Waals surface area contributed by atoms with Crippen molar-refractivity contribution in [2.45, 2.75) is 46.1 Å². The summed E-state index contributed by atoms with van der Waals surface area (Å²) in [7, 11) is 0. The molecular formula is C21H23N3O4S. The van der Waals surface area contributed by atoms with Crippen molar-refractivity contribution < 1.29 is 14.7 Å². The Balaban J connectivity index is 1.84. The number of aryl methyl sites for hydroxylation is 2. The van der Waals surface area contributed by atoms with Gasteiger partial charge in [0.25, 0.3) is 5.56 Å². The number of hydrogen-bond donors (Lipinski definition) is 2. The van der Waals surface area contributed by atoms with Crippen LogP contribution in [0.4, 0.5) is 5.69 Å². The molecule has 0 fully saturated rings. The van der Waals surface area contributed by atoms with E-state index in [0.29, 0.717) is 22.8 Å². The van der Waals surface area contributed by atoms with Gasteiger partial charge in [-0.25, -0.2) is 9.78 Å². The van der Waals surface area contributed by atoms with E-state index in [4.69, 9.17) is 0 Å². The second-order valence-electron chi connectivity index (χ2n) is 6.76. The molecule has 2 N–H and O–H groups in total. The lowest BCUT2D eigenvalue weighted by atomic mass is 10.1. The molecule has 0 spiro atoms. The third kappa shape index (κ3) is 4.54. The van der Waals surface area contributed by atoms with Crippen molar-refractivity contribution in [3.05, 3.63) is 57.0 Å². The Hall–Kier alpha value is -3.00. The Bertz CT molecular complexity index is 1100. The number of amides is 1. The van der Waals surface area contributed by atoms with Crippen LogP contribution in [0.3, 0.4) is 0 Å². The predicted octanol–water partition coefficient (Wildman–Crippen LogP) is 3.70. The summed E-state index contributed by atoms with van der Waals surface area (Å²) in [5.41, 5.74) is 1.28. The van der Waals surface area contributed by atoms with Crippen LogP contribution in [-0.4, -0.2) is 26.5 Å². The molecule has 0 saturated carbocycles. The molecule has 0 aliphatic rings. The van der Waals surface area contributed by atoms with Gasteiger partial charge in [0.05, 0.1) is 10.9 Å². The van der Waals surface area contributed by atoms with Crippen LogP contribution in [0.2, 0.25) is 0 Å². The number of fused-ring (bicyclic) bond motifs is 1. The molecule has 152 valence electrons. The summed E-state index contributed by atoms with van der Waals surface area (Å²) in [6.07, 6.45) is 3.69. The topological polar surface area (TPSA) is 101 Å². The van der Waals surface area contributed by atoms with Gasteiger partial charge in [0.2, 0.25) is 5.91 Å². The highest BCUT2D eigenvalue weighted by Gasteiger charge is 2.20. The smallest absolute Gasteiger partial charge is 0.337 e. The van der Waals surface area contributed by atoms with Gasteiger partial charge in [-0.05, 0) is 30.5 Å². The van der Waals surface area contributed by atoms with Crippen molar-refractivity contribution in [2.75, 3.05) is 5.32 Å². The fraction of sp³-hybridized carbons (Fsp3) is 0.333. The first-order valence-corrected chi connectivity index (χ1v) is 10.5. The van der Waals surface area contributed by atoms with Crippen LogP contribution in [-0.2, 0) is 24.2 Å². The van der Waals surface area contributed by atoms with Crippen molar-refractivity contribution >= 4 is 39.1 Å². The van der Waals surface area contributed by atoms with Gasteiger partial charge < -0.3 is 10.4 Å². The van der Waals surface area contributed by atoms with Crippen LogP contribution < -0.4 is 10.9 Å². The third-order valence-electron chi connectivity index (χ3n) is 4.68. The molecule has 0 unspecified atom stereocenters. The molecule has 7 nitrogen and oxygen atoms in total. The number of aromatic carboxylic acids is 1. The summed E-state index contributed by atoms with van der Waals surface area (Å²) in [6, 6.07) is 7.64. The predicted molar refractivity (Wildman–Crippen MR) is 114 cm³/mol. The Morgan fingerprint density at radius 3 is 2.55 bits per heavy atom. The number of carbonyl (C=O) groups is 2. The molecule has 0 aliphatic carbocycles. The molecule has 2 heterocycles. The van der Waals surface area contributed by atoms with E-state index in [1.54, 1.807) is 0 Å². The van der Waals surface area contributed by atoms with E-state index in [1.165, 1.54) is 15.5 Å². The number of thiophene rings is 1.